The van der Waals surface area contributed by atoms with Crippen molar-refractivity contribution >= 4 is 44.7 Å². The molecular formula is C17H9ClF2N2OS. The molecule has 3 nitrogen and oxygen atoms in total. The van der Waals surface area contributed by atoms with Crippen LogP contribution in [0.3, 0.4) is 0 Å². The lowest BCUT2D eigenvalue weighted by molar-refractivity contribution is 0.104. The molecule has 2 aromatic carbocycles. The molecule has 0 aliphatic carbocycles. The second-order valence-electron chi connectivity index (χ2n) is 5.34. The molecular weight excluding hydrogens is 354 g/mol. The second kappa shape index (κ2) is 5.36. The fourth-order valence-electron chi connectivity index (χ4n) is 2.65. The number of halogens is 3. The summed E-state index contributed by atoms with van der Waals surface area (Å²) < 4.78 is 28.6. The number of hydrogen-bond donors (Lipinski definition) is 0. The number of imidazole rings is 1. The van der Waals surface area contributed by atoms with Gasteiger partial charge in [0.1, 0.15) is 0 Å². The molecule has 0 unspecified atom stereocenters. The molecule has 0 N–H and O–H groups in total. The summed E-state index contributed by atoms with van der Waals surface area (Å²) in [4.78, 5) is 18.0. The Morgan fingerprint density at radius 3 is 2.54 bits per heavy atom. The van der Waals surface area contributed by atoms with Crippen molar-refractivity contribution < 1.29 is 13.6 Å². The number of aromatic nitrogens is 2. The van der Waals surface area contributed by atoms with Gasteiger partial charge in [0.15, 0.2) is 16.6 Å². The van der Waals surface area contributed by atoms with Crippen LogP contribution in [-0.4, -0.2) is 15.2 Å². The van der Waals surface area contributed by atoms with E-state index in [-0.39, 0.29) is 5.78 Å². The van der Waals surface area contributed by atoms with Crippen LogP contribution in [0.15, 0.2) is 36.4 Å². The van der Waals surface area contributed by atoms with Crippen molar-refractivity contribution in [2.24, 2.45) is 0 Å². The minimum atomic E-state index is -0.944. The Bertz CT molecular complexity index is 1120. The smallest absolute Gasteiger partial charge is 0.204 e. The summed E-state index contributed by atoms with van der Waals surface area (Å²) in [7, 11) is 0. The van der Waals surface area contributed by atoms with E-state index in [0.29, 0.717) is 37.2 Å². The average Bonchev–Trinajstić information content (AvgIpc) is 3.05. The highest BCUT2D eigenvalue weighted by atomic mass is 35.5. The molecule has 2 heterocycles. The Labute approximate surface area is 144 Å². The molecule has 0 amide bonds. The van der Waals surface area contributed by atoms with Gasteiger partial charge in [-0.15, -0.1) is 0 Å². The summed E-state index contributed by atoms with van der Waals surface area (Å²) >= 11 is 7.04. The summed E-state index contributed by atoms with van der Waals surface area (Å²) in [5.41, 5.74) is 1.94. The topological polar surface area (TPSA) is 34.4 Å². The molecule has 120 valence electrons. The van der Waals surface area contributed by atoms with Crippen LogP contribution >= 0.6 is 22.9 Å². The first kappa shape index (κ1) is 15.2. The highest BCUT2D eigenvalue weighted by Crippen LogP contribution is 2.30. The molecule has 24 heavy (non-hydrogen) atoms. The van der Waals surface area contributed by atoms with E-state index >= 15 is 0 Å². The van der Waals surface area contributed by atoms with Crippen LogP contribution in [0.2, 0.25) is 5.02 Å². The van der Waals surface area contributed by atoms with Gasteiger partial charge in [0.05, 0.1) is 15.9 Å². The van der Waals surface area contributed by atoms with E-state index < -0.39 is 11.6 Å². The summed E-state index contributed by atoms with van der Waals surface area (Å²) in [5.74, 6) is -2.04. The Morgan fingerprint density at radius 1 is 1.17 bits per heavy atom. The van der Waals surface area contributed by atoms with Gasteiger partial charge in [-0.1, -0.05) is 22.9 Å². The summed E-state index contributed by atoms with van der Waals surface area (Å²) in [5, 5.41) is 0.549. The number of nitrogens with zero attached hydrogens (tertiary/aromatic N) is 2. The van der Waals surface area contributed by atoms with Crippen molar-refractivity contribution in [2.45, 2.75) is 6.92 Å². The van der Waals surface area contributed by atoms with E-state index in [1.165, 1.54) is 11.3 Å². The van der Waals surface area contributed by atoms with Gasteiger partial charge < -0.3 is 0 Å². The summed E-state index contributed by atoms with van der Waals surface area (Å²) in [6, 6.07) is 8.76. The van der Waals surface area contributed by atoms with Crippen LogP contribution in [0.4, 0.5) is 8.78 Å². The highest BCUT2D eigenvalue weighted by molar-refractivity contribution is 7.19. The van der Waals surface area contributed by atoms with Crippen LogP contribution in [-0.2, 0) is 0 Å². The van der Waals surface area contributed by atoms with E-state index in [1.54, 1.807) is 35.6 Å². The van der Waals surface area contributed by atoms with Gasteiger partial charge in [0.25, 0.3) is 0 Å². The van der Waals surface area contributed by atoms with E-state index in [1.807, 2.05) is 0 Å². The third-order valence-corrected chi connectivity index (χ3v) is 5.23. The van der Waals surface area contributed by atoms with E-state index in [2.05, 4.69) is 4.98 Å². The quantitative estimate of drug-likeness (QED) is 0.469. The number of benzene rings is 2. The van der Waals surface area contributed by atoms with Crippen LogP contribution in [0.1, 0.15) is 20.9 Å². The number of fused-ring (bicyclic) bond motifs is 3. The third kappa shape index (κ3) is 2.22. The Hall–Kier alpha value is -2.31. The molecule has 2 aromatic heterocycles. The Balaban J connectivity index is 1.91. The molecule has 0 saturated carbocycles. The summed E-state index contributed by atoms with van der Waals surface area (Å²) in [6.45, 7) is 1.76. The standard InChI is InChI=1S/C17H9ClF2N2OS/c1-8-16(15(23)9-2-4-10(18)5-3-9)24-17-21-13-6-11(19)12(20)7-14(13)22(8)17/h2-7H,1H3. The van der Waals surface area contributed by atoms with Crippen LogP contribution < -0.4 is 0 Å². The molecule has 0 aliphatic heterocycles. The molecule has 4 rings (SSSR count). The average molecular weight is 363 g/mol. The fourth-order valence-corrected chi connectivity index (χ4v) is 3.88. The van der Waals surface area contributed by atoms with Gasteiger partial charge in [-0.05, 0) is 31.2 Å². The minimum Gasteiger partial charge on any atom is -0.288 e. The molecule has 0 radical (unpaired) electrons. The molecule has 4 aromatic rings. The van der Waals surface area contributed by atoms with Crippen LogP contribution in [0, 0.1) is 18.6 Å². The number of ketones is 1. The third-order valence-electron chi connectivity index (χ3n) is 3.84. The van der Waals surface area contributed by atoms with Crippen molar-refractivity contribution in [2.75, 3.05) is 0 Å². The Kier molecular flexibility index (Phi) is 3.40. The van der Waals surface area contributed by atoms with Gasteiger partial charge >= 0.3 is 0 Å². The van der Waals surface area contributed by atoms with Crippen molar-refractivity contribution in [3.63, 3.8) is 0 Å². The minimum absolute atomic E-state index is 0.157. The zero-order chi connectivity index (χ0) is 17.0. The molecule has 0 spiro atoms. The summed E-state index contributed by atoms with van der Waals surface area (Å²) in [6.07, 6.45) is 0. The van der Waals surface area contributed by atoms with Gasteiger partial charge in [-0.2, -0.15) is 0 Å². The first-order valence-electron chi connectivity index (χ1n) is 7.02. The molecule has 0 aliphatic rings. The van der Waals surface area contributed by atoms with Crippen molar-refractivity contribution in [1.82, 2.24) is 9.38 Å². The number of carbonyl (C=O) groups is 1. The van der Waals surface area contributed by atoms with E-state index in [4.69, 9.17) is 11.6 Å². The maximum atomic E-state index is 13.6. The molecule has 0 fully saturated rings. The van der Waals surface area contributed by atoms with Gasteiger partial charge in [-0.3, -0.25) is 9.20 Å². The molecule has 0 bridgehead atoms. The molecule has 7 heteroatoms. The first-order chi connectivity index (χ1) is 11.5. The monoisotopic (exact) mass is 362 g/mol. The van der Waals surface area contributed by atoms with E-state index in [9.17, 15) is 13.6 Å². The lowest BCUT2D eigenvalue weighted by Crippen LogP contribution is -2.01. The fraction of sp³-hybridized carbons (Fsp3) is 0.0588. The van der Waals surface area contributed by atoms with Gasteiger partial charge in [0.2, 0.25) is 5.78 Å². The largest absolute Gasteiger partial charge is 0.288 e. The van der Waals surface area contributed by atoms with Crippen LogP contribution in [0.25, 0.3) is 16.0 Å². The number of thiazole rings is 1. The van der Waals surface area contributed by atoms with Crippen molar-refractivity contribution in [3.05, 3.63) is 69.2 Å². The maximum Gasteiger partial charge on any atom is 0.204 e. The predicted octanol–water partition coefficient (Wildman–Crippen LogP) is 5.02. The van der Waals surface area contributed by atoms with E-state index in [0.717, 1.165) is 12.1 Å². The number of rotatable bonds is 2. The van der Waals surface area contributed by atoms with Gasteiger partial charge in [-0.25, -0.2) is 13.8 Å². The lowest BCUT2D eigenvalue weighted by Gasteiger charge is -2.01. The lowest BCUT2D eigenvalue weighted by atomic mass is 10.1. The highest BCUT2D eigenvalue weighted by Gasteiger charge is 2.21. The predicted molar refractivity (Wildman–Crippen MR) is 90.1 cm³/mol. The zero-order valence-electron chi connectivity index (χ0n) is 12.3. The maximum absolute atomic E-state index is 13.6. The normalized spacial score (nSPS) is 11.5. The first-order valence-corrected chi connectivity index (χ1v) is 8.22. The SMILES string of the molecule is Cc1c(C(=O)c2ccc(Cl)cc2)sc2nc3cc(F)c(F)cc3n12. The number of carbonyl (C=O) groups excluding carboxylic acids is 1. The number of hydrogen-bond acceptors (Lipinski definition) is 3. The number of aryl methyl sites for hydroxylation is 1. The second-order valence-corrected chi connectivity index (χ2v) is 6.75. The zero-order valence-corrected chi connectivity index (χ0v) is 13.9. The molecule has 0 atom stereocenters. The molecule has 0 saturated heterocycles. The Morgan fingerprint density at radius 2 is 1.83 bits per heavy atom. The van der Waals surface area contributed by atoms with Crippen molar-refractivity contribution in [3.8, 4) is 0 Å². The van der Waals surface area contributed by atoms with Gasteiger partial charge in [0, 0.05) is 28.4 Å². The van der Waals surface area contributed by atoms with Crippen LogP contribution in [0.5, 0.6) is 0 Å². The van der Waals surface area contributed by atoms with Crippen molar-refractivity contribution in [1.29, 1.82) is 0 Å².